The first-order chi connectivity index (χ1) is 6.77. The van der Waals surface area contributed by atoms with Gasteiger partial charge in [0.2, 0.25) is 0 Å². The number of nitrogens with one attached hydrogen (secondary N) is 1. The van der Waals surface area contributed by atoms with Crippen LogP contribution in [0.3, 0.4) is 0 Å². The van der Waals surface area contributed by atoms with E-state index in [0.29, 0.717) is 23.2 Å². The highest BCUT2D eigenvalue weighted by Crippen LogP contribution is 2.19. The summed E-state index contributed by atoms with van der Waals surface area (Å²) in [5, 5.41) is 3.71. The van der Waals surface area contributed by atoms with E-state index in [4.69, 9.17) is 11.6 Å². The molecule has 14 heavy (non-hydrogen) atoms. The molecule has 0 bridgehead atoms. The van der Waals surface area contributed by atoms with E-state index in [1.54, 1.807) is 12.1 Å². The number of ketones is 1. The van der Waals surface area contributed by atoms with Crippen molar-refractivity contribution in [3.63, 3.8) is 0 Å². The van der Waals surface area contributed by atoms with Crippen LogP contribution in [0.4, 0.5) is 0 Å². The molecular weight excluding hydrogens is 198 g/mol. The van der Waals surface area contributed by atoms with E-state index < -0.39 is 0 Å². The van der Waals surface area contributed by atoms with Crippen molar-refractivity contribution in [2.75, 3.05) is 6.54 Å². The topological polar surface area (TPSA) is 29.1 Å². The fraction of sp³-hybridized carbons (Fsp3) is 0.364. The number of benzene rings is 1. The summed E-state index contributed by atoms with van der Waals surface area (Å²) in [7, 11) is 0. The average Bonchev–Trinajstić information content (AvgIpc) is 2.98. The van der Waals surface area contributed by atoms with Crippen molar-refractivity contribution >= 4 is 17.4 Å². The summed E-state index contributed by atoms with van der Waals surface area (Å²) in [4.78, 5) is 11.7. The van der Waals surface area contributed by atoms with Crippen LogP contribution in [0.15, 0.2) is 24.3 Å². The molecular formula is C11H12ClNO. The maximum atomic E-state index is 11.7. The maximum absolute atomic E-state index is 11.7. The molecule has 1 aliphatic rings. The highest BCUT2D eigenvalue weighted by molar-refractivity contribution is 6.34. The molecule has 0 atom stereocenters. The van der Waals surface area contributed by atoms with Crippen LogP contribution in [0.1, 0.15) is 23.2 Å². The number of hydrogen-bond donors (Lipinski definition) is 1. The lowest BCUT2D eigenvalue weighted by Crippen LogP contribution is -2.24. The molecule has 2 rings (SSSR count). The first-order valence-corrected chi connectivity index (χ1v) is 5.16. The van der Waals surface area contributed by atoms with E-state index in [2.05, 4.69) is 5.32 Å². The zero-order valence-corrected chi connectivity index (χ0v) is 8.55. The number of rotatable bonds is 4. The van der Waals surface area contributed by atoms with E-state index in [1.165, 1.54) is 12.8 Å². The number of carbonyl (C=O) groups excluding carboxylic acids is 1. The Labute approximate surface area is 88.3 Å². The van der Waals surface area contributed by atoms with Gasteiger partial charge >= 0.3 is 0 Å². The minimum Gasteiger partial charge on any atom is -0.307 e. The summed E-state index contributed by atoms with van der Waals surface area (Å²) >= 11 is 5.90. The summed E-state index contributed by atoms with van der Waals surface area (Å²) in [6.45, 7) is 0.397. The van der Waals surface area contributed by atoms with Crippen LogP contribution in [0.2, 0.25) is 5.02 Å². The molecule has 0 aliphatic heterocycles. The fourth-order valence-corrected chi connectivity index (χ4v) is 1.55. The lowest BCUT2D eigenvalue weighted by molar-refractivity contribution is 0.0990. The Morgan fingerprint density at radius 1 is 1.43 bits per heavy atom. The highest BCUT2D eigenvalue weighted by atomic mass is 35.5. The van der Waals surface area contributed by atoms with Gasteiger partial charge in [0.05, 0.1) is 11.6 Å². The molecule has 0 saturated heterocycles. The Balaban J connectivity index is 1.98. The molecule has 0 aromatic heterocycles. The lowest BCUT2D eigenvalue weighted by Gasteiger charge is -2.03. The van der Waals surface area contributed by atoms with Gasteiger partial charge in [-0.25, -0.2) is 0 Å². The maximum Gasteiger partial charge on any atom is 0.178 e. The van der Waals surface area contributed by atoms with Crippen molar-refractivity contribution in [1.82, 2.24) is 5.32 Å². The molecule has 74 valence electrons. The third kappa shape index (κ3) is 2.34. The van der Waals surface area contributed by atoms with Crippen LogP contribution in [-0.4, -0.2) is 18.4 Å². The molecule has 0 radical (unpaired) electrons. The normalized spacial score (nSPS) is 15.5. The van der Waals surface area contributed by atoms with Crippen molar-refractivity contribution in [2.45, 2.75) is 18.9 Å². The van der Waals surface area contributed by atoms with Crippen molar-refractivity contribution in [3.8, 4) is 0 Å². The third-order valence-electron chi connectivity index (χ3n) is 2.30. The second-order valence-electron chi connectivity index (χ2n) is 3.56. The SMILES string of the molecule is O=C(CNC1CC1)c1ccccc1Cl. The molecule has 1 fully saturated rings. The van der Waals surface area contributed by atoms with Gasteiger partial charge in [0.15, 0.2) is 5.78 Å². The Morgan fingerprint density at radius 3 is 2.79 bits per heavy atom. The predicted molar refractivity (Wildman–Crippen MR) is 56.8 cm³/mol. The zero-order chi connectivity index (χ0) is 9.97. The van der Waals surface area contributed by atoms with E-state index in [-0.39, 0.29) is 5.78 Å². The van der Waals surface area contributed by atoms with Gasteiger partial charge in [-0.3, -0.25) is 4.79 Å². The molecule has 0 heterocycles. The van der Waals surface area contributed by atoms with Gasteiger partial charge < -0.3 is 5.32 Å². The molecule has 1 N–H and O–H groups in total. The van der Waals surface area contributed by atoms with Crippen LogP contribution < -0.4 is 5.32 Å². The summed E-state index contributed by atoms with van der Waals surface area (Å²) < 4.78 is 0. The number of Topliss-reactive ketones (excluding diaryl/α,β-unsaturated/α-hetero) is 1. The first-order valence-electron chi connectivity index (χ1n) is 4.78. The second kappa shape index (κ2) is 4.11. The molecule has 0 amide bonds. The fourth-order valence-electron chi connectivity index (χ4n) is 1.31. The highest BCUT2D eigenvalue weighted by Gasteiger charge is 2.21. The van der Waals surface area contributed by atoms with Crippen molar-refractivity contribution in [2.24, 2.45) is 0 Å². The van der Waals surface area contributed by atoms with Crippen LogP contribution >= 0.6 is 11.6 Å². The Hall–Kier alpha value is -0.860. The third-order valence-corrected chi connectivity index (χ3v) is 2.63. The van der Waals surface area contributed by atoms with E-state index in [9.17, 15) is 4.79 Å². The van der Waals surface area contributed by atoms with Gasteiger partial charge in [0, 0.05) is 11.6 Å². The molecule has 1 saturated carbocycles. The molecule has 1 aliphatic carbocycles. The van der Waals surface area contributed by atoms with Crippen molar-refractivity contribution in [3.05, 3.63) is 34.9 Å². The molecule has 1 aromatic rings. The van der Waals surface area contributed by atoms with Gasteiger partial charge in [-0.15, -0.1) is 0 Å². The van der Waals surface area contributed by atoms with E-state index in [1.807, 2.05) is 12.1 Å². The predicted octanol–water partition coefficient (Wildman–Crippen LogP) is 2.27. The molecule has 2 nitrogen and oxygen atoms in total. The smallest absolute Gasteiger partial charge is 0.178 e. The van der Waals surface area contributed by atoms with Crippen LogP contribution in [-0.2, 0) is 0 Å². The quantitative estimate of drug-likeness (QED) is 0.771. The van der Waals surface area contributed by atoms with Gasteiger partial charge in [-0.05, 0) is 25.0 Å². The Bertz CT molecular complexity index is 347. The summed E-state index contributed by atoms with van der Waals surface area (Å²) in [6.07, 6.45) is 2.38. The molecule has 0 spiro atoms. The molecule has 3 heteroatoms. The average molecular weight is 210 g/mol. The van der Waals surface area contributed by atoms with Crippen molar-refractivity contribution < 1.29 is 4.79 Å². The van der Waals surface area contributed by atoms with Gasteiger partial charge in [0.25, 0.3) is 0 Å². The van der Waals surface area contributed by atoms with Crippen LogP contribution in [0, 0.1) is 0 Å². The van der Waals surface area contributed by atoms with Crippen LogP contribution in [0.25, 0.3) is 0 Å². The van der Waals surface area contributed by atoms with Gasteiger partial charge in [-0.1, -0.05) is 23.7 Å². The number of halogens is 1. The molecule has 1 aromatic carbocycles. The Morgan fingerprint density at radius 2 is 2.14 bits per heavy atom. The summed E-state index contributed by atoms with van der Waals surface area (Å²) in [5.74, 6) is 0.0718. The number of carbonyl (C=O) groups is 1. The van der Waals surface area contributed by atoms with Crippen molar-refractivity contribution in [1.29, 1.82) is 0 Å². The van der Waals surface area contributed by atoms with Gasteiger partial charge in [-0.2, -0.15) is 0 Å². The Kier molecular flexibility index (Phi) is 2.85. The lowest BCUT2D eigenvalue weighted by atomic mass is 10.1. The minimum atomic E-state index is 0.0718. The summed E-state index contributed by atoms with van der Waals surface area (Å²) in [5.41, 5.74) is 0.613. The zero-order valence-electron chi connectivity index (χ0n) is 7.79. The minimum absolute atomic E-state index is 0.0718. The second-order valence-corrected chi connectivity index (χ2v) is 3.97. The standard InChI is InChI=1S/C11H12ClNO/c12-10-4-2-1-3-9(10)11(14)7-13-8-5-6-8/h1-4,8,13H,5-7H2. The summed E-state index contributed by atoms with van der Waals surface area (Å²) in [6, 6.07) is 7.72. The van der Waals surface area contributed by atoms with Gasteiger partial charge in [0.1, 0.15) is 0 Å². The molecule has 0 unspecified atom stereocenters. The number of hydrogen-bond acceptors (Lipinski definition) is 2. The van der Waals surface area contributed by atoms with E-state index in [0.717, 1.165) is 0 Å². The van der Waals surface area contributed by atoms with Crippen LogP contribution in [0.5, 0.6) is 0 Å². The first kappa shape index (κ1) is 9.69. The monoisotopic (exact) mass is 209 g/mol. The largest absolute Gasteiger partial charge is 0.307 e. The van der Waals surface area contributed by atoms with E-state index >= 15 is 0 Å².